The van der Waals surface area contributed by atoms with Gasteiger partial charge in [-0.1, -0.05) is 11.6 Å². The SMILES string of the molecule is Cc1cc(NC(=O)c2ccc(OC(C)C)c(Cl)c2)ccn1. The van der Waals surface area contributed by atoms with Crippen LogP contribution in [-0.2, 0) is 0 Å². The van der Waals surface area contributed by atoms with Crippen LogP contribution in [0.15, 0.2) is 36.5 Å². The topological polar surface area (TPSA) is 51.2 Å². The average molecular weight is 305 g/mol. The molecule has 2 aromatic rings. The first-order valence-corrected chi connectivity index (χ1v) is 7.03. The summed E-state index contributed by atoms with van der Waals surface area (Å²) < 4.78 is 5.54. The van der Waals surface area contributed by atoms with Crippen molar-refractivity contribution in [3.05, 3.63) is 52.8 Å². The molecular formula is C16H17ClN2O2. The summed E-state index contributed by atoms with van der Waals surface area (Å²) in [5.41, 5.74) is 2.02. The van der Waals surface area contributed by atoms with Gasteiger partial charge in [0.2, 0.25) is 0 Å². The van der Waals surface area contributed by atoms with Crippen molar-refractivity contribution in [1.82, 2.24) is 4.98 Å². The Morgan fingerprint density at radius 2 is 2.05 bits per heavy atom. The third-order valence-electron chi connectivity index (χ3n) is 2.71. The number of amides is 1. The van der Waals surface area contributed by atoms with Gasteiger partial charge in [0.15, 0.2) is 0 Å². The molecule has 1 aromatic carbocycles. The lowest BCUT2D eigenvalue weighted by molar-refractivity contribution is 0.102. The van der Waals surface area contributed by atoms with Gasteiger partial charge in [-0.2, -0.15) is 0 Å². The van der Waals surface area contributed by atoms with Crippen LogP contribution in [0.1, 0.15) is 29.9 Å². The lowest BCUT2D eigenvalue weighted by atomic mass is 10.2. The van der Waals surface area contributed by atoms with E-state index < -0.39 is 0 Å². The Balaban J connectivity index is 2.14. The van der Waals surface area contributed by atoms with Gasteiger partial charge >= 0.3 is 0 Å². The van der Waals surface area contributed by atoms with Gasteiger partial charge in [-0.15, -0.1) is 0 Å². The van der Waals surface area contributed by atoms with Crippen LogP contribution >= 0.6 is 11.6 Å². The predicted octanol–water partition coefficient (Wildman–Crippen LogP) is 4.08. The number of nitrogens with zero attached hydrogens (tertiary/aromatic N) is 1. The molecule has 1 N–H and O–H groups in total. The van der Waals surface area contributed by atoms with E-state index in [4.69, 9.17) is 16.3 Å². The number of ether oxygens (including phenoxy) is 1. The number of hydrogen-bond acceptors (Lipinski definition) is 3. The summed E-state index contributed by atoms with van der Waals surface area (Å²) >= 11 is 6.13. The molecule has 0 atom stereocenters. The highest BCUT2D eigenvalue weighted by Crippen LogP contribution is 2.26. The minimum absolute atomic E-state index is 0.0296. The molecule has 4 nitrogen and oxygen atoms in total. The quantitative estimate of drug-likeness (QED) is 0.926. The molecule has 0 radical (unpaired) electrons. The molecule has 0 aliphatic heterocycles. The molecule has 0 saturated carbocycles. The Morgan fingerprint density at radius 3 is 2.67 bits per heavy atom. The number of halogens is 1. The van der Waals surface area contributed by atoms with Gasteiger partial charge < -0.3 is 10.1 Å². The zero-order valence-electron chi connectivity index (χ0n) is 12.2. The zero-order valence-corrected chi connectivity index (χ0v) is 12.9. The van der Waals surface area contributed by atoms with Crippen LogP contribution in [-0.4, -0.2) is 17.0 Å². The Labute approximate surface area is 129 Å². The summed E-state index contributed by atoms with van der Waals surface area (Å²) in [4.78, 5) is 16.3. The summed E-state index contributed by atoms with van der Waals surface area (Å²) in [6.07, 6.45) is 1.68. The predicted molar refractivity (Wildman–Crippen MR) is 84.1 cm³/mol. The van der Waals surface area contributed by atoms with E-state index in [0.717, 1.165) is 5.69 Å². The fraction of sp³-hybridized carbons (Fsp3) is 0.250. The van der Waals surface area contributed by atoms with Crippen molar-refractivity contribution in [2.45, 2.75) is 26.9 Å². The van der Waals surface area contributed by atoms with E-state index in [9.17, 15) is 4.79 Å². The standard InChI is InChI=1S/C16H17ClN2O2/c1-10(2)21-15-5-4-12(9-14(15)17)16(20)19-13-6-7-18-11(3)8-13/h4-10H,1-3H3,(H,18,19,20). The van der Waals surface area contributed by atoms with Crippen molar-refractivity contribution in [3.8, 4) is 5.75 Å². The average Bonchev–Trinajstić information content (AvgIpc) is 2.40. The molecule has 0 bridgehead atoms. The van der Waals surface area contributed by atoms with Crippen LogP contribution in [0.2, 0.25) is 5.02 Å². The van der Waals surface area contributed by atoms with E-state index in [-0.39, 0.29) is 12.0 Å². The van der Waals surface area contributed by atoms with Crippen LogP contribution in [0.5, 0.6) is 5.75 Å². The Morgan fingerprint density at radius 1 is 1.29 bits per heavy atom. The first kappa shape index (κ1) is 15.3. The summed E-state index contributed by atoms with van der Waals surface area (Å²) in [6, 6.07) is 8.53. The third-order valence-corrected chi connectivity index (χ3v) is 3.01. The van der Waals surface area contributed by atoms with Crippen molar-refractivity contribution in [3.63, 3.8) is 0 Å². The number of anilines is 1. The van der Waals surface area contributed by atoms with Crippen molar-refractivity contribution in [1.29, 1.82) is 0 Å². The van der Waals surface area contributed by atoms with Crippen molar-refractivity contribution < 1.29 is 9.53 Å². The van der Waals surface area contributed by atoms with Crippen LogP contribution in [0.4, 0.5) is 5.69 Å². The second-order valence-corrected chi connectivity index (χ2v) is 5.36. The largest absolute Gasteiger partial charge is 0.489 e. The van der Waals surface area contributed by atoms with Crippen molar-refractivity contribution >= 4 is 23.2 Å². The summed E-state index contributed by atoms with van der Waals surface area (Å²) in [5.74, 6) is 0.349. The van der Waals surface area contributed by atoms with Crippen LogP contribution < -0.4 is 10.1 Å². The zero-order chi connectivity index (χ0) is 15.4. The number of aromatic nitrogens is 1. The van der Waals surface area contributed by atoms with Gasteiger partial charge in [-0.3, -0.25) is 9.78 Å². The first-order valence-electron chi connectivity index (χ1n) is 6.66. The first-order chi connectivity index (χ1) is 9.95. The van der Waals surface area contributed by atoms with Crippen LogP contribution in [0, 0.1) is 6.92 Å². The van der Waals surface area contributed by atoms with E-state index in [0.29, 0.717) is 22.0 Å². The minimum atomic E-state index is -0.224. The van der Waals surface area contributed by atoms with Crippen molar-refractivity contribution in [2.75, 3.05) is 5.32 Å². The molecule has 1 amide bonds. The number of carbonyl (C=O) groups is 1. The molecule has 0 spiro atoms. The van der Waals surface area contributed by atoms with E-state index in [1.54, 1.807) is 36.5 Å². The highest BCUT2D eigenvalue weighted by Gasteiger charge is 2.11. The third kappa shape index (κ3) is 4.20. The number of nitrogens with one attached hydrogen (secondary N) is 1. The maximum absolute atomic E-state index is 12.2. The number of benzene rings is 1. The fourth-order valence-corrected chi connectivity index (χ4v) is 2.04. The number of carbonyl (C=O) groups excluding carboxylic acids is 1. The van der Waals surface area contributed by atoms with E-state index in [2.05, 4.69) is 10.3 Å². The number of rotatable bonds is 4. The van der Waals surface area contributed by atoms with Crippen LogP contribution in [0.3, 0.4) is 0 Å². The minimum Gasteiger partial charge on any atom is -0.489 e. The Hall–Kier alpha value is -2.07. The van der Waals surface area contributed by atoms with Gasteiger partial charge in [0.1, 0.15) is 5.75 Å². The van der Waals surface area contributed by atoms with Gasteiger partial charge in [0, 0.05) is 23.1 Å². The summed E-state index contributed by atoms with van der Waals surface area (Å²) in [7, 11) is 0. The van der Waals surface area contributed by atoms with Crippen molar-refractivity contribution in [2.24, 2.45) is 0 Å². The Kier molecular flexibility index (Phi) is 4.81. The van der Waals surface area contributed by atoms with Gasteiger partial charge in [0.25, 0.3) is 5.91 Å². The number of aryl methyl sites for hydroxylation is 1. The maximum atomic E-state index is 12.2. The molecule has 1 aromatic heterocycles. The smallest absolute Gasteiger partial charge is 0.255 e. The highest BCUT2D eigenvalue weighted by atomic mass is 35.5. The van der Waals surface area contributed by atoms with Gasteiger partial charge in [-0.05, 0) is 51.1 Å². The maximum Gasteiger partial charge on any atom is 0.255 e. The molecule has 1 heterocycles. The lowest BCUT2D eigenvalue weighted by Crippen LogP contribution is -2.12. The second-order valence-electron chi connectivity index (χ2n) is 4.95. The molecule has 110 valence electrons. The molecule has 0 unspecified atom stereocenters. The molecule has 0 saturated heterocycles. The fourth-order valence-electron chi connectivity index (χ4n) is 1.82. The summed E-state index contributed by atoms with van der Waals surface area (Å²) in [6.45, 7) is 5.70. The molecule has 0 fully saturated rings. The normalized spacial score (nSPS) is 10.5. The van der Waals surface area contributed by atoms with E-state index >= 15 is 0 Å². The van der Waals surface area contributed by atoms with E-state index in [1.165, 1.54) is 0 Å². The lowest BCUT2D eigenvalue weighted by Gasteiger charge is -2.12. The highest BCUT2D eigenvalue weighted by molar-refractivity contribution is 6.32. The van der Waals surface area contributed by atoms with E-state index in [1.807, 2.05) is 20.8 Å². The van der Waals surface area contributed by atoms with Crippen LogP contribution in [0.25, 0.3) is 0 Å². The second kappa shape index (κ2) is 6.59. The Bertz CT molecular complexity index is 656. The molecule has 2 rings (SSSR count). The monoisotopic (exact) mass is 304 g/mol. The summed E-state index contributed by atoms with van der Waals surface area (Å²) in [5, 5.41) is 3.23. The molecule has 0 aliphatic carbocycles. The molecule has 5 heteroatoms. The molecule has 21 heavy (non-hydrogen) atoms. The molecule has 0 aliphatic rings. The molecular weight excluding hydrogens is 288 g/mol. The van der Waals surface area contributed by atoms with Gasteiger partial charge in [-0.25, -0.2) is 0 Å². The number of pyridine rings is 1. The van der Waals surface area contributed by atoms with Gasteiger partial charge in [0.05, 0.1) is 11.1 Å². The number of hydrogen-bond donors (Lipinski definition) is 1.